The van der Waals surface area contributed by atoms with Gasteiger partial charge in [-0.3, -0.25) is 14.9 Å². The highest BCUT2D eigenvalue weighted by atomic mass is 35.5. The largest absolute Gasteiger partial charge is 0.481 e. The van der Waals surface area contributed by atoms with Gasteiger partial charge in [0, 0.05) is 10.7 Å². The van der Waals surface area contributed by atoms with Gasteiger partial charge in [0.15, 0.2) is 5.11 Å². The van der Waals surface area contributed by atoms with Crippen molar-refractivity contribution in [3.8, 4) is 0 Å². The summed E-state index contributed by atoms with van der Waals surface area (Å²) in [6.45, 7) is 0. The molecule has 0 bridgehead atoms. The average Bonchev–Trinajstić information content (AvgIpc) is 2.51. The lowest BCUT2D eigenvalue weighted by molar-refractivity contribution is -0.136. The molecule has 5 nitrogen and oxygen atoms in total. The van der Waals surface area contributed by atoms with Crippen LogP contribution in [0.4, 0.5) is 5.69 Å². The number of benzene rings is 2. The molecule has 0 spiro atoms. The van der Waals surface area contributed by atoms with Crippen LogP contribution in [0.1, 0.15) is 15.9 Å². The molecule has 0 saturated heterocycles. The van der Waals surface area contributed by atoms with Crippen molar-refractivity contribution in [2.45, 2.75) is 6.42 Å². The summed E-state index contributed by atoms with van der Waals surface area (Å²) in [7, 11) is 0. The molecule has 0 heterocycles. The molecule has 0 saturated carbocycles. The first kappa shape index (κ1) is 18.2. The van der Waals surface area contributed by atoms with Crippen LogP contribution in [0.25, 0.3) is 0 Å². The Labute approximate surface area is 153 Å². The molecule has 0 atom stereocenters. The summed E-state index contributed by atoms with van der Waals surface area (Å²) >= 11 is 16.9. The van der Waals surface area contributed by atoms with Crippen molar-refractivity contribution in [1.82, 2.24) is 5.32 Å². The van der Waals surface area contributed by atoms with Crippen LogP contribution < -0.4 is 10.6 Å². The highest BCUT2D eigenvalue weighted by Gasteiger charge is 2.12. The van der Waals surface area contributed by atoms with Gasteiger partial charge < -0.3 is 10.4 Å². The molecule has 0 unspecified atom stereocenters. The minimum Gasteiger partial charge on any atom is -0.481 e. The molecular weight excluding hydrogens is 371 g/mol. The predicted octanol–water partition coefficient (Wildman–Crippen LogP) is 3.75. The fourth-order valence-electron chi connectivity index (χ4n) is 1.88. The maximum Gasteiger partial charge on any atom is 0.307 e. The van der Waals surface area contributed by atoms with Crippen molar-refractivity contribution >= 4 is 58.1 Å². The Morgan fingerprint density at radius 1 is 1.08 bits per heavy atom. The fourth-order valence-corrected chi connectivity index (χ4v) is 2.47. The van der Waals surface area contributed by atoms with Gasteiger partial charge in [-0.25, -0.2) is 0 Å². The molecule has 0 aromatic heterocycles. The number of carbonyl (C=O) groups is 2. The Balaban J connectivity index is 1.98. The third-order valence-electron chi connectivity index (χ3n) is 2.97. The first-order valence-corrected chi connectivity index (χ1v) is 7.89. The number of aliphatic carboxylic acids is 1. The van der Waals surface area contributed by atoms with Crippen molar-refractivity contribution in [1.29, 1.82) is 0 Å². The third kappa shape index (κ3) is 5.19. The van der Waals surface area contributed by atoms with Crippen LogP contribution in [0.2, 0.25) is 10.0 Å². The molecule has 0 fully saturated rings. The van der Waals surface area contributed by atoms with E-state index < -0.39 is 11.9 Å². The van der Waals surface area contributed by atoms with Crippen LogP contribution in [0.3, 0.4) is 0 Å². The van der Waals surface area contributed by atoms with Gasteiger partial charge >= 0.3 is 5.97 Å². The summed E-state index contributed by atoms with van der Waals surface area (Å²) in [6, 6.07) is 11.2. The van der Waals surface area contributed by atoms with Crippen LogP contribution in [-0.4, -0.2) is 22.1 Å². The van der Waals surface area contributed by atoms with Crippen molar-refractivity contribution < 1.29 is 14.7 Å². The molecule has 0 aliphatic heterocycles. The van der Waals surface area contributed by atoms with Crippen molar-refractivity contribution in [3.05, 3.63) is 63.6 Å². The zero-order valence-corrected chi connectivity index (χ0v) is 14.5. The van der Waals surface area contributed by atoms with E-state index in [4.69, 9.17) is 40.5 Å². The molecule has 24 heavy (non-hydrogen) atoms. The predicted molar refractivity (Wildman–Crippen MR) is 97.9 cm³/mol. The number of thiocarbonyl (C=S) groups is 1. The minimum absolute atomic E-state index is 0.0608. The third-order valence-corrected chi connectivity index (χ3v) is 3.74. The van der Waals surface area contributed by atoms with Crippen molar-refractivity contribution in [2.75, 3.05) is 5.32 Å². The summed E-state index contributed by atoms with van der Waals surface area (Å²) in [5, 5.41) is 14.8. The quantitative estimate of drug-likeness (QED) is 0.701. The molecule has 0 aliphatic rings. The second-order valence-corrected chi connectivity index (χ2v) is 6.05. The van der Waals surface area contributed by atoms with E-state index in [0.29, 0.717) is 16.3 Å². The number of nitrogens with one attached hydrogen (secondary N) is 2. The van der Waals surface area contributed by atoms with Gasteiger partial charge in [0.25, 0.3) is 5.91 Å². The molecule has 0 aliphatic carbocycles. The summed E-state index contributed by atoms with van der Waals surface area (Å²) in [5.74, 6) is -1.39. The Hall–Kier alpha value is -2.15. The minimum atomic E-state index is -0.906. The zero-order valence-electron chi connectivity index (χ0n) is 12.2. The Kier molecular flexibility index (Phi) is 6.14. The number of carboxylic acid groups (broad SMARTS) is 1. The standard InChI is InChI=1S/C16H12Cl2N2O3S/c17-10-3-6-13(18)12(8-10)15(23)20-16(24)19-11-4-1-9(2-5-11)7-14(21)22/h1-6,8H,7H2,(H,21,22)(H2,19,20,23,24). The Bertz CT molecular complexity index is 794. The van der Waals surface area contributed by atoms with Gasteiger partial charge in [-0.15, -0.1) is 0 Å². The first-order valence-electron chi connectivity index (χ1n) is 6.73. The second kappa shape index (κ2) is 8.10. The van der Waals surface area contributed by atoms with Crippen LogP contribution in [0.15, 0.2) is 42.5 Å². The highest BCUT2D eigenvalue weighted by Crippen LogP contribution is 2.20. The smallest absolute Gasteiger partial charge is 0.307 e. The van der Waals surface area contributed by atoms with Gasteiger partial charge in [-0.05, 0) is 48.1 Å². The molecule has 0 radical (unpaired) electrons. The number of carbonyl (C=O) groups excluding carboxylic acids is 1. The molecular formula is C16H12Cl2N2O3S. The number of rotatable bonds is 4. The number of hydrogen-bond donors (Lipinski definition) is 3. The van der Waals surface area contributed by atoms with Crippen LogP contribution in [0.5, 0.6) is 0 Å². The van der Waals surface area contributed by atoms with E-state index in [2.05, 4.69) is 10.6 Å². The van der Waals surface area contributed by atoms with Gasteiger partial charge in [-0.2, -0.15) is 0 Å². The van der Waals surface area contributed by atoms with E-state index in [1.807, 2.05) is 0 Å². The normalized spacial score (nSPS) is 10.1. The SMILES string of the molecule is O=C(O)Cc1ccc(NC(=S)NC(=O)c2cc(Cl)ccc2Cl)cc1. The zero-order chi connectivity index (χ0) is 17.7. The molecule has 2 aromatic carbocycles. The summed E-state index contributed by atoms with van der Waals surface area (Å²) in [5.41, 5.74) is 1.49. The van der Waals surface area contributed by atoms with Gasteiger partial charge in [-0.1, -0.05) is 35.3 Å². The molecule has 3 N–H and O–H groups in total. The van der Waals surface area contributed by atoms with E-state index in [-0.39, 0.29) is 22.1 Å². The number of amides is 1. The van der Waals surface area contributed by atoms with Gasteiger partial charge in [0.2, 0.25) is 0 Å². The van der Waals surface area contributed by atoms with Crippen molar-refractivity contribution in [3.63, 3.8) is 0 Å². The molecule has 2 aromatic rings. The molecule has 124 valence electrons. The summed E-state index contributed by atoms with van der Waals surface area (Å²) in [6.07, 6.45) is -0.0608. The number of hydrogen-bond acceptors (Lipinski definition) is 3. The van der Waals surface area contributed by atoms with E-state index in [9.17, 15) is 9.59 Å². The molecule has 2 rings (SSSR count). The summed E-state index contributed by atoms with van der Waals surface area (Å²) in [4.78, 5) is 22.8. The highest BCUT2D eigenvalue weighted by molar-refractivity contribution is 7.80. The lowest BCUT2D eigenvalue weighted by Crippen LogP contribution is -2.34. The lowest BCUT2D eigenvalue weighted by Gasteiger charge is -2.11. The van der Waals surface area contributed by atoms with Crippen LogP contribution in [0, 0.1) is 0 Å². The Morgan fingerprint density at radius 3 is 2.38 bits per heavy atom. The maximum atomic E-state index is 12.1. The molecule has 8 heteroatoms. The lowest BCUT2D eigenvalue weighted by atomic mass is 10.1. The fraction of sp³-hybridized carbons (Fsp3) is 0.0625. The van der Waals surface area contributed by atoms with Crippen molar-refractivity contribution in [2.24, 2.45) is 0 Å². The maximum absolute atomic E-state index is 12.1. The van der Waals surface area contributed by atoms with E-state index in [1.165, 1.54) is 12.1 Å². The van der Waals surface area contributed by atoms with E-state index >= 15 is 0 Å². The van der Waals surface area contributed by atoms with Gasteiger partial charge in [0.1, 0.15) is 0 Å². The number of anilines is 1. The van der Waals surface area contributed by atoms with Crippen LogP contribution >= 0.6 is 35.4 Å². The van der Waals surface area contributed by atoms with Crippen LogP contribution in [-0.2, 0) is 11.2 Å². The first-order chi connectivity index (χ1) is 11.3. The second-order valence-electron chi connectivity index (χ2n) is 4.80. The van der Waals surface area contributed by atoms with Gasteiger partial charge in [0.05, 0.1) is 17.0 Å². The van der Waals surface area contributed by atoms with E-state index in [1.54, 1.807) is 30.3 Å². The number of halogens is 2. The topological polar surface area (TPSA) is 78.4 Å². The Morgan fingerprint density at radius 2 is 1.75 bits per heavy atom. The average molecular weight is 383 g/mol. The molecule has 1 amide bonds. The monoisotopic (exact) mass is 382 g/mol. The number of carboxylic acids is 1. The summed E-state index contributed by atoms with van der Waals surface area (Å²) < 4.78 is 0. The van der Waals surface area contributed by atoms with E-state index in [0.717, 1.165) is 0 Å².